The molecular formula is C20H14ClF5N4O4. The van der Waals surface area contributed by atoms with Crippen molar-refractivity contribution in [3.8, 4) is 5.69 Å². The largest absolute Gasteiger partial charge is 0.493 e. The average molecular weight is 505 g/mol. The van der Waals surface area contributed by atoms with Gasteiger partial charge in [-0.3, -0.25) is 9.36 Å². The van der Waals surface area contributed by atoms with Crippen molar-refractivity contribution >= 4 is 34.2 Å². The molecular weight excluding hydrogens is 491 g/mol. The molecule has 8 nitrogen and oxygen atoms in total. The molecule has 180 valence electrons. The van der Waals surface area contributed by atoms with E-state index in [0.29, 0.717) is 23.6 Å². The van der Waals surface area contributed by atoms with Crippen LogP contribution in [0, 0.1) is 11.6 Å². The van der Waals surface area contributed by atoms with Crippen LogP contribution in [-0.2, 0) is 4.79 Å². The minimum atomic E-state index is -5.53. The van der Waals surface area contributed by atoms with E-state index in [2.05, 4.69) is 4.84 Å². The van der Waals surface area contributed by atoms with Gasteiger partial charge in [0.15, 0.2) is 0 Å². The summed E-state index contributed by atoms with van der Waals surface area (Å²) in [5.74, 6) is -4.63. The number of rotatable bonds is 3. The van der Waals surface area contributed by atoms with Crippen LogP contribution in [0.4, 0.5) is 27.6 Å². The molecule has 2 heterocycles. The molecule has 0 saturated carbocycles. The monoisotopic (exact) mass is 504 g/mol. The van der Waals surface area contributed by atoms with E-state index in [4.69, 9.17) is 17.3 Å². The average Bonchev–Trinajstić information content (AvgIpc) is 3.19. The van der Waals surface area contributed by atoms with E-state index >= 15 is 0 Å². The van der Waals surface area contributed by atoms with Crippen molar-refractivity contribution < 1.29 is 31.6 Å². The number of benzene rings is 2. The Balaban J connectivity index is 2.05. The molecule has 4 rings (SSSR count). The first kappa shape index (κ1) is 23.7. The molecule has 1 saturated heterocycles. The van der Waals surface area contributed by atoms with Crippen LogP contribution < -0.4 is 26.7 Å². The highest BCUT2D eigenvalue weighted by Gasteiger charge is 2.43. The van der Waals surface area contributed by atoms with E-state index in [1.54, 1.807) is 4.90 Å². The standard InChI is InChI=1S/C20H14ClF5N4O4/c21-12-5-10(1-2-13(12)22)29-15-7-16(28-4-3-9(27)8-28)14(23)6-11(15)17(31)30(19(29)33)34-18(32)20(24,25)26/h1-2,5-7,9H,3-4,8,27H2. The molecule has 3 aromatic rings. The van der Waals surface area contributed by atoms with Gasteiger partial charge in [0.2, 0.25) is 0 Å². The van der Waals surface area contributed by atoms with Crippen molar-refractivity contribution in [1.82, 2.24) is 9.30 Å². The molecule has 0 radical (unpaired) electrons. The summed E-state index contributed by atoms with van der Waals surface area (Å²) in [4.78, 5) is 42.7. The summed E-state index contributed by atoms with van der Waals surface area (Å²) >= 11 is 5.78. The quantitative estimate of drug-likeness (QED) is 0.549. The number of halogens is 6. The topological polar surface area (TPSA) is 99.6 Å². The van der Waals surface area contributed by atoms with Gasteiger partial charge in [0.05, 0.1) is 27.3 Å². The number of fused-ring (bicyclic) bond motifs is 1. The predicted octanol–water partition coefficient (Wildman–Crippen LogP) is 2.14. The molecule has 0 spiro atoms. The fourth-order valence-corrected chi connectivity index (χ4v) is 3.81. The first-order valence-corrected chi connectivity index (χ1v) is 10.0. The van der Waals surface area contributed by atoms with Gasteiger partial charge in [0.1, 0.15) is 11.6 Å². The molecule has 1 unspecified atom stereocenters. The number of carbonyl (C=O) groups is 1. The van der Waals surface area contributed by atoms with Crippen LogP contribution in [0.1, 0.15) is 6.42 Å². The highest BCUT2D eigenvalue weighted by atomic mass is 35.5. The van der Waals surface area contributed by atoms with Crippen LogP contribution in [0.5, 0.6) is 0 Å². The summed E-state index contributed by atoms with van der Waals surface area (Å²) in [6, 6.07) is 4.48. The lowest BCUT2D eigenvalue weighted by molar-refractivity contribution is -0.200. The highest BCUT2D eigenvalue weighted by molar-refractivity contribution is 6.30. The lowest BCUT2D eigenvalue weighted by Gasteiger charge is -2.21. The molecule has 1 aliphatic heterocycles. The van der Waals surface area contributed by atoms with Crippen LogP contribution in [-0.4, -0.2) is 40.6 Å². The number of nitrogens with zero attached hydrogens (tertiary/aromatic N) is 3. The maximum Gasteiger partial charge on any atom is 0.493 e. The van der Waals surface area contributed by atoms with Crippen LogP contribution in [0.3, 0.4) is 0 Å². The number of carbonyl (C=O) groups excluding carboxylic acids is 1. The van der Waals surface area contributed by atoms with Crippen LogP contribution in [0.25, 0.3) is 16.6 Å². The van der Waals surface area contributed by atoms with Gasteiger partial charge in [-0.25, -0.2) is 18.4 Å². The number of hydrogen-bond acceptors (Lipinski definition) is 6. The molecule has 14 heteroatoms. The minimum Gasteiger partial charge on any atom is -0.367 e. The number of nitrogens with two attached hydrogens (primary N) is 1. The molecule has 2 N–H and O–H groups in total. The SMILES string of the molecule is NC1CCN(c2cc3c(cc2F)c(=O)n(OC(=O)C(F)(F)F)c(=O)n3-c2ccc(F)c(Cl)c2)C1. The van der Waals surface area contributed by atoms with Crippen molar-refractivity contribution in [2.75, 3.05) is 18.0 Å². The summed E-state index contributed by atoms with van der Waals surface area (Å²) in [6.07, 6.45) is -4.98. The summed E-state index contributed by atoms with van der Waals surface area (Å²) < 4.78 is 67.0. The molecule has 0 aliphatic carbocycles. The lowest BCUT2D eigenvalue weighted by Crippen LogP contribution is -2.48. The van der Waals surface area contributed by atoms with Crippen molar-refractivity contribution in [2.45, 2.75) is 18.6 Å². The number of hydrogen-bond donors (Lipinski definition) is 1. The van der Waals surface area contributed by atoms with Crippen LogP contribution >= 0.6 is 11.6 Å². The minimum absolute atomic E-state index is 0.0220. The molecule has 1 atom stereocenters. The summed E-state index contributed by atoms with van der Waals surface area (Å²) in [5.41, 5.74) is 2.37. The summed E-state index contributed by atoms with van der Waals surface area (Å²) in [6.45, 7) is 0.645. The van der Waals surface area contributed by atoms with E-state index < -0.39 is 50.2 Å². The van der Waals surface area contributed by atoms with Crippen molar-refractivity contribution in [3.05, 3.63) is 67.8 Å². The Kier molecular flexibility index (Phi) is 5.85. The molecule has 1 aliphatic rings. The van der Waals surface area contributed by atoms with Gasteiger partial charge in [0.25, 0.3) is 5.56 Å². The first-order valence-electron chi connectivity index (χ1n) is 9.65. The van der Waals surface area contributed by atoms with Crippen molar-refractivity contribution in [3.63, 3.8) is 0 Å². The zero-order valence-electron chi connectivity index (χ0n) is 16.9. The Morgan fingerprint density at radius 2 is 1.82 bits per heavy atom. The Bertz CT molecular complexity index is 1440. The van der Waals surface area contributed by atoms with Crippen LogP contribution in [0.15, 0.2) is 39.9 Å². The van der Waals surface area contributed by atoms with Gasteiger partial charge < -0.3 is 15.5 Å². The van der Waals surface area contributed by atoms with E-state index in [1.807, 2.05) is 0 Å². The van der Waals surface area contributed by atoms with E-state index in [0.717, 1.165) is 24.3 Å². The second-order valence-electron chi connectivity index (χ2n) is 7.51. The number of anilines is 1. The van der Waals surface area contributed by atoms with Gasteiger partial charge in [-0.15, -0.1) is 0 Å². The second-order valence-corrected chi connectivity index (χ2v) is 7.92. The predicted molar refractivity (Wildman–Crippen MR) is 111 cm³/mol. The third-order valence-corrected chi connectivity index (χ3v) is 5.51. The molecule has 2 aromatic carbocycles. The van der Waals surface area contributed by atoms with Gasteiger partial charge in [-0.05, 0) is 36.8 Å². The third kappa shape index (κ3) is 4.12. The molecule has 0 bridgehead atoms. The van der Waals surface area contributed by atoms with E-state index in [-0.39, 0.29) is 29.5 Å². The van der Waals surface area contributed by atoms with Gasteiger partial charge in [-0.2, -0.15) is 13.2 Å². The normalized spacial score (nSPS) is 16.3. The zero-order chi connectivity index (χ0) is 24.9. The fourth-order valence-electron chi connectivity index (χ4n) is 3.63. The number of alkyl halides is 3. The van der Waals surface area contributed by atoms with Gasteiger partial charge in [-0.1, -0.05) is 16.3 Å². The van der Waals surface area contributed by atoms with E-state index in [9.17, 15) is 36.3 Å². The molecule has 34 heavy (non-hydrogen) atoms. The van der Waals surface area contributed by atoms with Crippen molar-refractivity contribution in [2.24, 2.45) is 5.73 Å². The smallest absolute Gasteiger partial charge is 0.367 e. The third-order valence-electron chi connectivity index (χ3n) is 5.22. The Hall–Kier alpha value is -3.45. The highest BCUT2D eigenvalue weighted by Crippen LogP contribution is 2.29. The Morgan fingerprint density at radius 3 is 2.41 bits per heavy atom. The van der Waals surface area contributed by atoms with Crippen molar-refractivity contribution in [1.29, 1.82) is 0 Å². The van der Waals surface area contributed by atoms with E-state index in [1.165, 1.54) is 0 Å². The summed E-state index contributed by atoms with van der Waals surface area (Å²) in [5, 5.41) is -1.03. The van der Waals surface area contributed by atoms with Crippen LogP contribution in [0.2, 0.25) is 5.02 Å². The van der Waals surface area contributed by atoms with Gasteiger partial charge in [0, 0.05) is 19.1 Å². The maximum absolute atomic E-state index is 14.9. The molecule has 0 amide bonds. The summed E-state index contributed by atoms with van der Waals surface area (Å²) in [7, 11) is 0. The first-order chi connectivity index (χ1) is 15.9. The molecule has 1 fully saturated rings. The maximum atomic E-state index is 14.9. The zero-order valence-corrected chi connectivity index (χ0v) is 17.7. The fraction of sp³-hybridized carbons (Fsp3) is 0.250. The van der Waals surface area contributed by atoms with Gasteiger partial charge >= 0.3 is 17.8 Å². The Morgan fingerprint density at radius 1 is 1.12 bits per heavy atom. The second kappa shape index (κ2) is 8.40. The molecule has 1 aromatic heterocycles. The lowest BCUT2D eigenvalue weighted by atomic mass is 10.1. The number of aromatic nitrogens is 2. The Labute approximate surface area is 191 Å².